The topological polar surface area (TPSA) is 71.5 Å². The average Bonchev–Trinajstić information content (AvgIpc) is 2.83. The maximum atomic E-state index is 13.1. The van der Waals surface area contributed by atoms with Crippen LogP contribution in [0.3, 0.4) is 0 Å². The van der Waals surface area contributed by atoms with E-state index in [-0.39, 0.29) is 5.91 Å². The number of benzene rings is 2. The lowest BCUT2D eigenvalue weighted by Crippen LogP contribution is -2.48. The van der Waals surface area contributed by atoms with Crippen LogP contribution in [0.5, 0.6) is 17.2 Å². The molecule has 7 nitrogen and oxygen atoms in total. The summed E-state index contributed by atoms with van der Waals surface area (Å²) in [6.45, 7) is 3.71. The number of rotatable bonds is 6. The van der Waals surface area contributed by atoms with E-state index < -0.39 is 6.10 Å². The maximum absolute atomic E-state index is 13.1. The minimum Gasteiger partial charge on any atom is -0.493 e. The fraction of sp³-hybridized carbons (Fsp3) is 0.480. The molecule has 1 aliphatic heterocycles. The van der Waals surface area contributed by atoms with Gasteiger partial charge in [0, 0.05) is 38.3 Å². The molecular formula is C25H32N2O5. The predicted molar refractivity (Wildman–Crippen MR) is 122 cm³/mol. The summed E-state index contributed by atoms with van der Waals surface area (Å²) < 4.78 is 16.3. The first-order valence-electron chi connectivity index (χ1n) is 11.2. The highest BCUT2D eigenvalue weighted by atomic mass is 16.5. The van der Waals surface area contributed by atoms with Crippen molar-refractivity contribution in [2.75, 3.05) is 47.5 Å². The van der Waals surface area contributed by atoms with Crippen LogP contribution >= 0.6 is 0 Å². The van der Waals surface area contributed by atoms with Gasteiger partial charge in [0.1, 0.15) is 0 Å². The minimum absolute atomic E-state index is 0.0697. The summed E-state index contributed by atoms with van der Waals surface area (Å²) in [6.07, 6.45) is 2.29. The van der Waals surface area contributed by atoms with E-state index in [9.17, 15) is 9.90 Å². The zero-order chi connectivity index (χ0) is 22.7. The fourth-order valence-electron chi connectivity index (χ4n) is 4.70. The van der Waals surface area contributed by atoms with Crippen molar-refractivity contribution in [1.29, 1.82) is 0 Å². The number of aliphatic hydroxyl groups is 1. The van der Waals surface area contributed by atoms with Crippen LogP contribution in [-0.2, 0) is 13.0 Å². The van der Waals surface area contributed by atoms with Gasteiger partial charge in [0.05, 0.1) is 27.4 Å². The van der Waals surface area contributed by atoms with Gasteiger partial charge in [0.2, 0.25) is 5.75 Å². The number of piperazine rings is 1. The first-order chi connectivity index (χ1) is 15.5. The van der Waals surface area contributed by atoms with E-state index in [1.54, 1.807) is 21.3 Å². The number of ether oxygens (including phenoxy) is 3. The molecule has 0 aromatic heterocycles. The Morgan fingerprint density at radius 3 is 2.31 bits per heavy atom. The zero-order valence-electron chi connectivity index (χ0n) is 19.1. The summed E-state index contributed by atoms with van der Waals surface area (Å²) in [4.78, 5) is 17.3. The van der Waals surface area contributed by atoms with Crippen LogP contribution in [0.1, 0.15) is 46.0 Å². The molecule has 0 bridgehead atoms. The number of aryl methyl sites for hydroxylation is 1. The number of carbonyl (C=O) groups is 1. The second kappa shape index (κ2) is 9.79. The average molecular weight is 441 g/mol. The molecule has 7 heteroatoms. The molecule has 1 amide bonds. The van der Waals surface area contributed by atoms with Crippen LogP contribution in [0.15, 0.2) is 30.3 Å². The number of aliphatic hydroxyl groups excluding tert-OH is 1. The second-order valence-electron chi connectivity index (χ2n) is 8.42. The molecule has 1 heterocycles. The van der Waals surface area contributed by atoms with Crippen LogP contribution < -0.4 is 14.2 Å². The molecule has 0 spiro atoms. The van der Waals surface area contributed by atoms with Gasteiger partial charge >= 0.3 is 0 Å². The zero-order valence-corrected chi connectivity index (χ0v) is 19.1. The smallest absolute Gasteiger partial charge is 0.253 e. The summed E-state index contributed by atoms with van der Waals surface area (Å²) in [7, 11) is 4.83. The van der Waals surface area contributed by atoms with Crippen LogP contribution in [0, 0.1) is 0 Å². The van der Waals surface area contributed by atoms with Gasteiger partial charge in [-0.3, -0.25) is 9.69 Å². The van der Waals surface area contributed by atoms with Crippen LogP contribution in [-0.4, -0.2) is 68.3 Å². The monoisotopic (exact) mass is 440 g/mol. The summed E-state index contributed by atoms with van der Waals surface area (Å²) in [5.74, 6) is 1.95. The Hall–Kier alpha value is -2.77. The largest absolute Gasteiger partial charge is 0.493 e. The molecule has 32 heavy (non-hydrogen) atoms. The molecule has 0 radical (unpaired) electrons. The number of carbonyl (C=O) groups excluding carboxylic acids is 1. The van der Waals surface area contributed by atoms with Crippen LogP contribution in [0.2, 0.25) is 0 Å². The molecule has 1 N–H and O–H groups in total. The molecule has 1 atom stereocenters. The van der Waals surface area contributed by atoms with E-state index in [0.717, 1.165) is 61.2 Å². The third-order valence-electron chi connectivity index (χ3n) is 6.46. The minimum atomic E-state index is -0.401. The maximum Gasteiger partial charge on any atom is 0.253 e. The van der Waals surface area contributed by atoms with Gasteiger partial charge < -0.3 is 24.2 Å². The van der Waals surface area contributed by atoms with Gasteiger partial charge in [-0.1, -0.05) is 6.07 Å². The second-order valence-corrected chi connectivity index (χ2v) is 8.42. The molecule has 2 aliphatic rings. The quantitative estimate of drug-likeness (QED) is 0.745. The van der Waals surface area contributed by atoms with E-state index >= 15 is 0 Å². The number of nitrogens with zero attached hydrogens (tertiary/aromatic N) is 2. The number of fused-ring (bicyclic) bond motifs is 1. The van der Waals surface area contributed by atoms with Gasteiger partial charge in [0.25, 0.3) is 5.91 Å². The molecule has 2 aromatic carbocycles. The molecule has 2 aromatic rings. The highest BCUT2D eigenvalue weighted by molar-refractivity contribution is 5.94. The number of amides is 1. The molecule has 172 valence electrons. The first kappa shape index (κ1) is 22.4. The Morgan fingerprint density at radius 2 is 1.69 bits per heavy atom. The molecule has 1 saturated heterocycles. The Kier molecular flexibility index (Phi) is 6.86. The highest BCUT2D eigenvalue weighted by Crippen LogP contribution is 2.38. The molecular weight excluding hydrogens is 408 g/mol. The van der Waals surface area contributed by atoms with Crippen molar-refractivity contribution in [3.05, 3.63) is 52.6 Å². The van der Waals surface area contributed by atoms with Crippen LogP contribution in [0.4, 0.5) is 0 Å². The van der Waals surface area contributed by atoms with Crippen molar-refractivity contribution >= 4 is 5.91 Å². The van der Waals surface area contributed by atoms with E-state index in [2.05, 4.69) is 4.90 Å². The molecule has 1 fully saturated rings. The van der Waals surface area contributed by atoms with Crippen LogP contribution in [0.25, 0.3) is 0 Å². The van der Waals surface area contributed by atoms with E-state index in [0.29, 0.717) is 30.3 Å². The Labute approximate surface area is 189 Å². The summed E-state index contributed by atoms with van der Waals surface area (Å²) in [6, 6.07) is 9.70. The number of methoxy groups -OCH3 is 3. The van der Waals surface area contributed by atoms with Crippen molar-refractivity contribution < 1.29 is 24.1 Å². The van der Waals surface area contributed by atoms with E-state index in [1.165, 1.54) is 0 Å². The van der Waals surface area contributed by atoms with Crippen molar-refractivity contribution in [2.24, 2.45) is 0 Å². The summed E-state index contributed by atoms with van der Waals surface area (Å²) in [5, 5.41) is 10.2. The lowest BCUT2D eigenvalue weighted by Gasteiger charge is -2.35. The summed E-state index contributed by atoms with van der Waals surface area (Å²) >= 11 is 0. The summed E-state index contributed by atoms with van der Waals surface area (Å²) in [5.41, 5.74) is 3.88. The van der Waals surface area contributed by atoms with E-state index in [1.807, 2.05) is 35.2 Å². The normalized spacial score (nSPS) is 18.8. The molecule has 1 aliphatic carbocycles. The number of hydrogen-bond acceptors (Lipinski definition) is 6. The van der Waals surface area contributed by atoms with Gasteiger partial charge in [-0.05, 0) is 60.2 Å². The molecule has 0 saturated carbocycles. The Balaban J connectivity index is 1.39. The van der Waals surface area contributed by atoms with Gasteiger partial charge in [-0.15, -0.1) is 0 Å². The molecule has 1 unspecified atom stereocenters. The number of hydrogen-bond donors (Lipinski definition) is 1. The Bertz CT molecular complexity index is 944. The highest BCUT2D eigenvalue weighted by Gasteiger charge is 2.25. The van der Waals surface area contributed by atoms with Gasteiger partial charge in [-0.25, -0.2) is 0 Å². The fourth-order valence-corrected chi connectivity index (χ4v) is 4.70. The SMILES string of the molecule is COc1cc(CN2CCN(C(=O)c3ccc4c(c3)CCCC4O)CC2)cc(OC)c1OC. The predicted octanol–water partition coefficient (Wildman–Crippen LogP) is 3.04. The van der Waals surface area contributed by atoms with Crippen molar-refractivity contribution in [2.45, 2.75) is 31.9 Å². The molecule has 4 rings (SSSR count). The standard InChI is InChI=1S/C25H32N2O5/c1-30-22-13-17(14-23(31-2)24(22)32-3)16-26-9-11-27(12-10-26)25(29)19-7-8-20-18(15-19)5-4-6-21(20)28/h7-8,13-15,21,28H,4-6,9-12,16H2,1-3H3. The van der Waals surface area contributed by atoms with Crippen molar-refractivity contribution in [1.82, 2.24) is 9.80 Å². The van der Waals surface area contributed by atoms with Crippen molar-refractivity contribution in [3.8, 4) is 17.2 Å². The lowest BCUT2D eigenvalue weighted by atomic mass is 9.88. The third-order valence-corrected chi connectivity index (χ3v) is 6.46. The van der Waals surface area contributed by atoms with Crippen molar-refractivity contribution in [3.63, 3.8) is 0 Å². The lowest BCUT2D eigenvalue weighted by molar-refractivity contribution is 0.0628. The van der Waals surface area contributed by atoms with E-state index in [4.69, 9.17) is 14.2 Å². The van der Waals surface area contributed by atoms with Gasteiger partial charge in [0.15, 0.2) is 11.5 Å². The first-order valence-corrected chi connectivity index (χ1v) is 11.2. The Morgan fingerprint density at radius 1 is 1.00 bits per heavy atom. The third kappa shape index (κ3) is 4.54. The van der Waals surface area contributed by atoms with Gasteiger partial charge in [-0.2, -0.15) is 0 Å².